The molecule has 0 aromatic rings. The molecule has 3 heteroatoms. The zero-order valence-electron chi connectivity index (χ0n) is 10.3. The Balaban J connectivity index is 0.000000583. The Hall–Kier alpha value is -0.570. The summed E-state index contributed by atoms with van der Waals surface area (Å²) in [5.74, 6) is -0.262. The van der Waals surface area contributed by atoms with Gasteiger partial charge in [-0.2, -0.15) is 0 Å². The first-order chi connectivity index (χ1) is 7.11. The third kappa shape index (κ3) is 7.37. The molecule has 2 N–H and O–H groups in total. The van der Waals surface area contributed by atoms with Crippen LogP contribution in [0, 0.1) is 0 Å². The Morgan fingerprint density at radius 2 is 1.80 bits per heavy atom. The summed E-state index contributed by atoms with van der Waals surface area (Å²) >= 11 is 0. The van der Waals surface area contributed by atoms with Crippen LogP contribution in [0.4, 0.5) is 0 Å². The van der Waals surface area contributed by atoms with Crippen LogP contribution < -0.4 is 5.73 Å². The molecule has 1 atom stereocenters. The quantitative estimate of drug-likeness (QED) is 0.720. The van der Waals surface area contributed by atoms with Crippen LogP contribution in [-0.4, -0.2) is 18.1 Å². The minimum atomic E-state index is -0.480. The first kappa shape index (κ1) is 14.4. The van der Waals surface area contributed by atoms with Crippen molar-refractivity contribution in [1.29, 1.82) is 0 Å². The molecule has 15 heavy (non-hydrogen) atoms. The van der Waals surface area contributed by atoms with Crippen LogP contribution in [0.25, 0.3) is 0 Å². The predicted molar refractivity (Wildman–Crippen MR) is 62.6 cm³/mol. The van der Waals surface area contributed by atoms with Crippen molar-refractivity contribution >= 4 is 5.97 Å². The Labute approximate surface area is 93.4 Å². The third-order valence-electron chi connectivity index (χ3n) is 2.21. The molecule has 0 amide bonds. The van der Waals surface area contributed by atoms with E-state index in [1.807, 2.05) is 0 Å². The van der Waals surface area contributed by atoms with Gasteiger partial charge in [0.05, 0.1) is 0 Å². The molecule has 0 radical (unpaired) electrons. The van der Waals surface area contributed by atoms with E-state index in [2.05, 4.69) is 13.8 Å². The minimum absolute atomic E-state index is 0.136. The maximum Gasteiger partial charge on any atom is 0.322 e. The molecule has 0 saturated heterocycles. The summed E-state index contributed by atoms with van der Waals surface area (Å²) in [6.07, 6.45) is 7.04. The van der Waals surface area contributed by atoms with Crippen LogP contribution in [0.3, 0.4) is 0 Å². The average Bonchev–Trinajstić information content (AvgIpc) is 2.20. The van der Waals surface area contributed by atoms with Crippen molar-refractivity contribution in [1.82, 2.24) is 0 Å². The molecule has 1 aliphatic rings. The summed E-state index contributed by atoms with van der Waals surface area (Å²) in [7, 11) is 0. The van der Waals surface area contributed by atoms with E-state index < -0.39 is 6.04 Å². The molecular formula is C12H25NO2. The molecular weight excluding hydrogens is 190 g/mol. The molecule has 1 rings (SSSR count). The highest BCUT2D eigenvalue weighted by Crippen LogP contribution is 2.20. The van der Waals surface area contributed by atoms with Gasteiger partial charge in [0.15, 0.2) is 0 Å². The van der Waals surface area contributed by atoms with Crippen molar-refractivity contribution in [2.75, 3.05) is 0 Å². The topological polar surface area (TPSA) is 52.3 Å². The lowest BCUT2D eigenvalue weighted by Crippen LogP contribution is -2.32. The number of hydrogen-bond donors (Lipinski definition) is 1. The van der Waals surface area contributed by atoms with E-state index >= 15 is 0 Å². The molecule has 90 valence electrons. The van der Waals surface area contributed by atoms with Crippen molar-refractivity contribution in [3.8, 4) is 0 Å². The Bertz CT molecular complexity index is 163. The zero-order valence-corrected chi connectivity index (χ0v) is 10.3. The summed E-state index contributed by atoms with van der Waals surface area (Å²) < 4.78 is 5.19. The smallest absolute Gasteiger partial charge is 0.322 e. The van der Waals surface area contributed by atoms with Crippen LogP contribution in [-0.2, 0) is 9.53 Å². The van der Waals surface area contributed by atoms with Crippen LogP contribution in [0.1, 0.15) is 59.3 Å². The largest absolute Gasteiger partial charge is 0.461 e. The molecule has 0 aromatic heterocycles. The number of nitrogens with two attached hydrogens (primary N) is 1. The zero-order chi connectivity index (χ0) is 11.7. The number of ether oxygens (including phenoxy) is 1. The number of rotatable bonds is 2. The van der Waals surface area contributed by atoms with E-state index in [4.69, 9.17) is 10.5 Å². The van der Waals surface area contributed by atoms with Crippen molar-refractivity contribution in [2.45, 2.75) is 71.4 Å². The fourth-order valence-electron chi connectivity index (χ4n) is 1.45. The molecule has 0 aliphatic heterocycles. The lowest BCUT2D eigenvalue weighted by atomic mass is 9.98. The minimum Gasteiger partial charge on any atom is -0.461 e. The van der Waals surface area contributed by atoms with Crippen LogP contribution in [0.5, 0.6) is 0 Å². The second-order valence-corrected chi connectivity index (χ2v) is 4.19. The molecule has 1 fully saturated rings. The van der Waals surface area contributed by atoms with Gasteiger partial charge >= 0.3 is 5.97 Å². The molecule has 0 spiro atoms. The van der Waals surface area contributed by atoms with Crippen molar-refractivity contribution in [2.24, 2.45) is 5.73 Å². The van der Waals surface area contributed by atoms with E-state index in [0.29, 0.717) is 0 Å². The highest BCUT2D eigenvalue weighted by Gasteiger charge is 2.19. The molecule has 3 nitrogen and oxygen atoms in total. The van der Waals surface area contributed by atoms with E-state index in [9.17, 15) is 4.79 Å². The Morgan fingerprint density at radius 1 is 1.33 bits per heavy atom. The second-order valence-electron chi connectivity index (χ2n) is 4.19. The molecule has 0 aromatic carbocycles. The first-order valence-electron chi connectivity index (χ1n) is 6.07. The number of carbonyl (C=O) groups excluding carboxylic acids is 1. The highest BCUT2D eigenvalue weighted by atomic mass is 16.5. The number of esters is 1. The second kappa shape index (κ2) is 8.72. The van der Waals surface area contributed by atoms with Gasteiger partial charge in [-0.1, -0.05) is 26.7 Å². The lowest BCUT2D eigenvalue weighted by Gasteiger charge is -2.22. The summed E-state index contributed by atoms with van der Waals surface area (Å²) in [5, 5.41) is 0. The molecule has 0 heterocycles. The van der Waals surface area contributed by atoms with E-state index in [-0.39, 0.29) is 12.1 Å². The van der Waals surface area contributed by atoms with Gasteiger partial charge in [0.25, 0.3) is 0 Å². The fourth-order valence-corrected chi connectivity index (χ4v) is 1.45. The van der Waals surface area contributed by atoms with Gasteiger partial charge in [-0.25, -0.2) is 0 Å². The van der Waals surface area contributed by atoms with Gasteiger partial charge < -0.3 is 10.5 Å². The maximum absolute atomic E-state index is 11.1. The van der Waals surface area contributed by atoms with Crippen LogP contribution in [0.2, 0.25) is 0 Å². The normalized spacial score (nSPS) is 18.7. The summed E-state index contributed by atoms with van der Waals surface area (Å²) in [5.41, 5.74) is 5.38. The van der Waals surface area contributed by atoms with Crippen molar-refractivity contribution < 1.29 is 9.53 Å². The summed E-state index contributed by atoms with van der Waals surface area (Å²) in [6.45, 7) is 5.91. The third-order valence-corrected chi connectivity index (χ3v) is 2.21. The summed E-state index contributed by atoms with van der Waals surface area (Å²) in [6, 6.07) is -0.480. The number of carbonyl (C=O) groups is 1. The molecule has 1 aliphatic carbocycles. The lowest BCUT2D eigenvalue weighted by molar-refractivity contribution is -0.151. The van der Waals surface area contributed by atoms with Crippen LogP contribution in [0.15, 0.2) is 0 Å². The number of hydrogen-bond acceptors (Lipinski definition) is 3. The van der Waals surface area contributed by atoms with Gasteiger partial charge in [0.1, 0.15) is 12.1 Å². The summed E-state index contributed by atoms with van der Waals surface area (Å²) in [4.78, 5) is 11.1. The SMILES string of the molecule is CC(N)C(=O)OC1CCCCC1.CCC. The van der Waals surface area contributed by atoms with Gasteiger partial charge in [-0.05, 0) is 32.6 Å². The maximum atomic E-state index is 11.1. The molecule has 0 bridgehead atoms. The highest BCUT2D eigenvalue weighted by molar-refractivity contribution is 5.75. The van der Waals surface area contributed by atoms with E-state index in [1.54, 1.807) is 6.92 Å². The van der Waals surface area contributed by atoms with Gasteiger partial charge in [-0.3, -0.25) is 4.79 Å². The van der Waals surface area contributed by atoms with Gasteiger partial charge in [0, 0.05) is 0 Å². The molecule has 1 unspecified atom stereocenters. The van der Waals surface area contributed by atoms with Crippen LogP contribution >= 0.6 is 0 Å². The van der Waals surface area contributed by atoms with E-state index in [1.165, 1.54) is 25.7 Å². The van der Waals surface area contributed by atoms with Gasteiger partial charge in [-0.15, -0.1) is 0 Å². The first-order valence-corrected chi connectivity index (χ1v) is 6.07. The predicted octanol–water partition coefficient (Wildman–Crippen LogP) is 2.63. The fraction of sp³-hybridized carbons (Fsp3) is 0.917. The Kier molecular flexibility index (Phi) is 8.38. The molecule has 1 saturated carbocycles. The van der Waals surface area contributed by atoms with Crippen molar-refractivity contribution in [3.05, 3.63) is 0 Å². The van der Waals surface area contributed by atoms with Gasteiger partial charge in [0.2, 0.25) is 0 Å². The average molecular weight is 215 g/mol. The standard InChI is InChI=1S/C9H17NO2.C3H8/c1-7(10)9(11)12-8-5-3-2-4-6-8;1-3-2/h7-8H,2-6,10H2,1H3;3H2,1-2H3. The van der Waals surface area contributed by atoms with E-state index in [0.717, 1.165) is 12.8 Å². The van der Waals surface area contributed by atoms with Crippen molar-refractivity contribution in [3.63, 3.8) is 0 Å². The Morgan fingerprint density at radius 3 is 2.20 bits per heavy atom. The monoisotopic (exact) mass is 215 g/mol.